The number of aryl methyl sites for hydroxylation is 2. The second-order valence-corrected chi connectivity index (χ2v) is 5.42. The molecule has 112 valence electrons. The molecule has 0 spiro atoms. The molecule has 0 bridgehead atoms. The molecule has 0 amide bonds. The molecule has 0 aliphatic carbocycles. The number of aromatic hydroxyl groups is 1. The van der Waals surface area contributed by atoms with Gasteiger partial charge in [-0.05, 0) is 42.7 Å². The molecule has 1 fully saturated rings. The summed E-state index contributed by atoms with van der Waals surface area (Å²) in [5.74, 6) is 0.194. The van der Waals surface area contributed by atoms with Gasteiger partial charge >= 0.3 is 0 Å². The number of benzene rings is 1. The van der Waals surface area contributed by atoms with E-state index < -0.39 is 6.43 Å². The third-order valence-corrected chi connectivity index (χ3v) is 3.91. The van der Waals surface area contributed by atoms with Crippen molar-refractivity contribution < 1.29 is 13.9 Å². The van der Waals surface area contributed by atoms with E-state index >= 15 is 0 Å². The zero-order chi connectivity index (χ0) is 14.7. The number of alkyl halides is 2. The first-order valence-electron chi connectivity index (χ1n) is 7.02. The Morgan fingerprint density at radius 1 is 1.20 bits per heavy atom. The molecule has 5 heteroatoms. The second-order valence-electron chi connectivity index (χ2n) is 5.42. The first-order chi connectivity index (χ1) is 9.49. The average molecular weight is 284 g/mol. The fraction of sp³-hybridized carbons (Fsp3) is 0.600. The van der Waals surface area contributed by atoms with Gasteiger partial charge in [0, 0.05) is 38.6 Å². The minimum atomic E-state index is -2.33. The molecule has 1 aromatic rings. The van der Waals surface area contributed by atoms with Crippen molar-refractivity contribution >= 4 is 0 Å². The minimum Gasteiger partial charge on any atom is -0.508 e. The third-order valence-electron chi connectivity index (χ3n) is 3.91. The summed E-state index contributed by atoms with van der Waals surface area (Å²) in [5.41, 5.74) is 2.70. The van der Waals surface area contributed by atoms with Crippen LogP contribution in [0.2, 0.25) is 0 Å². The van der Waals surface area contributed by atoms with Crippen molar-refractivity contribution in [2.75, 3.05) is 26.2 Å². The van der Waals surface area contributed by atoms with E-state index in [9.17, 15) is 13.9 Å². The molecule has 1 aliphatic heterocycles. The van der Waals surface area contributed by atoms with Gasteiger partial charge in [0.15, 0.2) is 0 Å². The van der Waals surface area contributed by atoms with E-state index in [0.29, 0.717) is 0 Å². The van der Waals surface area contributed by atoms with Crippen LogP contribution in [0.1, 0.15) is 29.2 Å². The minimum absolute atomic E-state index is 0.160. The maximum Gasteiger partial charge on any atom is 0.240 e. The second kappa shape index (κ2) is 6.50. The predicted octanol–water partition coefficient (Wildman–Crippen LogP) is 2.61. The lowest BCUT2D eigenvalue weighted by Crippen LogP contribution is -2.45. The van der Waals surface area contributed by atoms with Gasteiger partial charge in [-0.25, -0.2) is 8.78 Å². The lowest BCUT2D eigenvalue weighted by Gasteiger charge is -2.36. The Morgan fingerprint density at radius 3 is 2.25 bits per heavy atom. The van der Waals surface area contributed by atoms with Gasteiger partial charge < -0.3 is 10.4 Å². The summed E-state index contributed by atoms with van der Waals surface area (Å²) in [6, 6.07) is 3.03. The molecule has 2 rings (SSSR count). The lowest BCUT2D eigenvalue weighted by atomic mass is 9.92. The van der Waals surface area contributed by atoms with Crippen molar-refractivity contribution in [1.82, 2.24) is 10.2 Å². The van der Waals surface area contributed by atoms with E-state index in [1.807, 2.05) is 13.8 Å². The maximum atomic E-state index is 13.0. The molecule has 0 radical (unpaired) electrons. The lowest BCUT2D eigenvalue weighted by molar-refractivity contribution is 0.0734. The fourth-order valence-corrected chi connectivity index (χ4v) is 3.09. The highest BCUT2D eigenvalue weighted by Gasteiger charge is 2.27. The van der Waals surface area contributed by atoms with Crippen molar-refractivity contribution in [2.24, 2.45) is 0 Å². The van der Waals surface area contributed by atoms with Crippen LogP contribution < -0.4 is 5.32 Å². The van der Waals surface area contributed by atoms with Gasteiger partial charge in [-0.2, -0.15) is 0 Å². The zero-order valence-corrected chi connectivity index (χ0v) is 12.0. The molecule has 1 saturated heterocycles. The SMILES string of the molecule is Cc1cc(O)cc(C)c1[C@@H](CC(F)F)N1CCNCC1. The van der Waals surface area contributed by atoms with Crippen LogP contribution in [-0.4, -0.2) is 42.6 Å². The highest BCUT2D eigenvalue weighted by molar-refractivity contribution is 5.42. The highest BCUT2D eigenvalue weighted by Crippen LogP contribution is 2.34. The third kappa shape index (κ3) is 3.46. The predicted molar refractivity (Wildman–Crippen MR) is 75.4 cm³/mol. The van der Waals surface area contributed by atoms with E-state index in [-0.39, 0.29) is 18.2 Å². The van der Waals surface area contributed by atoms with Gasteiger partial charge in [0.2, 0.25) is 6.43 Å². The molecular formula is C15H22F2N2O. The number of halogens is 2. The largest absolute Gasteiger partial charge is 0.508 e. The maximum absolute atomic E-state index is 13.0. The summed E-state index contributed by atoms with van der Waals surface area (Å²) in [6.45, 7) is 6.96. The first kappa shape index (κ1) is 15.2. The Kier molecular flexibility index (Phi) is 4.94. The van der Waals surface area contributed by atoms with Gasteiger partial charge in [-0.15, -0.1) is 0 Å². The van der Waals surface area contributed by atoms with E-state index in [0.717, 1.165) is 42.9 Å². The first-order valence-corrected chi connectivity index (χ1v) is 7.02. The van der Waals surface area contributed by atoms with Crippen LogP contribution in [0.5, 0.6) is 5.75 Å². The summed E-state index contributed by atoms with van der Waals surface area (Å²) < 4.78 is 26.0. The molecule has 1 atom stereocenters. The number of phenols is 1. The fourth-order valence-electron chi connectivity index (χ4n) is 3.09. The number of nitrogens with one attached hydrogen (secondary N) is 1. The topological polar surface area (TPSA) is 35.5 Å². The molecule has 1 aromatic carbocycles. The van der Waals surface area contributed by atoms with Crippen LogP contribution in [0.25, 0.3) is 0 Å². The summed E-state index contributed by atoms with van der Waals surface area (Å²) in [7, 11) is 0. The van der Waals surface area contributed by atoms with Crippen molar-refractivity contribution in [3.63, 3.8) is 0 Å². The molecule has 20 heavy (non-hydrogen) atoms. The molecule has 0 aromatic heterocycles. The average Bonchev–Trinajstić information content (AvgIpc) is 2.37. The zero-order valence-electron chi connectivity index (χ0n) is 12.0. The monoisotopic (exact) mass is 284 g/mol. The smallest absolute Gasteiger partial charge is 0.240 e. The van der Waals surface area contributed by atoms with Crippen molar-refractivity contribution in [3.05, 3.63) is 28.8 Å². The van der Waals surface area contributed by atoms with Gasteiger partial charge in [0.1, 0.15) is 5.75 Å². The Balaban J connectivity index is 2.35. The van der Waals surface area contributed by atoms with Crippen molar-refractivity contribution in [2.45, 2.75) is 32.7 Å². The highest BCUT2D eigenvalue weighted by atomic mass is 19.3. The van der Waals surface area contributed by atoms with E-state index in [1.165, 1.54) is 0 Å². The number of phenolic OH excluding ortho intramolecular Hbond substituents is 1. The van der Waals surface area contributed by atoms with Crippen molar-refractivity contribution in [1.29, 1.82) is 0 Å². The Labute approximate surface area is 118 Å². The summed E-state index contributed by atoms with van der Waals surface area (Å²) in [5, 5.41) is 12.9. The molecule has 0 saturated carbocycles. The molecule has 1 heterocycles. The van der Waals surface area contributed by atoms with Crippen LogP contribution in [0.4, 0.5) is 8.78 Å². The Hall–Kier alpha value is -1.20. The molecule has 2 N–H and O–H groups in total. The quantitative estimate of drug-likeness (QED) is 0.892. The molecular weight excluding hydrogens is 262 g/mol. The normalized spacial score (nSPS) is 18.4. The molecule has 0 unspecified atom stereocenters. The number of rotatable bonds is 4. The van der Waals surface area contributed by atoms with Gasteiger partial charge in [0.25, 0.3) is 0 Å². The van der Waals surface area contributed by atoms with E-state index in [1.54, 1.807) is 12.1 Å². The molecule has 3 nitrogen and oxygen atoms in total. The van der Waals surface area contributed by atoms with Crippen LogP contribution in [0.15, 0.2) is 12.1 Å². The number of piperazine rings is 1. The van der Waals surface area contributed by atoms with Crippen LogP contribution in [0.3, 0.4) is 0 Å². The van der Waals surface area contributed by atoms with Gasteiger partial charge in [-0.1, -0.05) is 0 Å². The summed E-state index contributed by atoms with van der Waals surface area (Å²) in [4.78, 5) is 2.12. The molecule has 1 aliphatic rings. The number of hydrogen-bond acceptors (Lipinski definition) is 3. The van der Waals surface area contributed by atoms with Crippen LogP contribution in [0, 0.1) is 13.8 Å². The van der Waals surface area contributed by atoms with Crippen LogP contribution in [-0.2, 0) is 0 Å². The van der Waals surface area contributed by atoms with Gasteiger partial charge in [-0.3, -0.25) is 4.90 Å². The standard InChI is InChI=1S/C15H22F2N2O/c1-10-7-12(20)8-11(2)15(10)13(9-14(16)17)19-5-3-18-4-6-19/h7-8,13-14,18,20H,3-6,9H2,1-2H3/t13-/m1/s1. The number of hydrogen-bond donors (Lipinski definition) is 2. The Morgan fingerprint density at radius 2 is 1.75 bits per heavy atom. The van der Waals surface area contributed by atoms with Crippen LogP contribution >= 0.6 is 0 Å². The van der Waals surface area contributed by atoms with Crippen molar-refractivity contribution in [3.8, 4) is 5.75 Å². The summed E-state index contributed by atoms with van der Waals surface area (Å²) >= 11 is 0. The Bertz CT molecular complexity index is 436. The number of nitrogens with zero attached hydrogens (tertiary/aromatic N) is 1. The van der Waals surface area contributed by atoms with E-state index in [2.05, 4.69) is 10.2 Å². The van der Waals surface area contributed by atoms with Gasteiger partial charge in [0.05, 0.1) is 0 Å². The summed E-state index contributed by atoms with van der Waals surface area (Å²) in [6.07, 6.45) is -2.49. The van der Waals surface area contributed by atoms with E-state index in [4.69, 9.17) is 0 Å².